The van der Waals surface area contributed by atoms with Crippen molar-refractivity contribution in [2.45, 2.75) is 57.8 Å². The van der Waals surface area contributed by atoms with Crippen molar-refractivity contribution in [3.63, 3.8) is 0 Å². The maximum atomic E-state index is 13.9. The highest BCUT2D eigenvalue weighted by Gasteiger charge is 2.40. The summed E-state index contributed by atoms with van der Waals surface area (Å²) in [6.07, 6.45) is -5.28. The Bertz CT molecular complexity index is 1110. The predicted octanol–water partition coefficient (Wildman–Crippen LogP) is 4.36. The monoisotopic (exact) mass is 506 g/mol. The first-order valence-electron chi connectivity index (χ1n) is 10.7. The molecule has 34 heavy (non-hydrogen) atoms. The van der Waals surface area contributed by atoms with E-state index in [4.69, 9.17) is 4.74 Å². The molecule has 0 unspecified atom stereocenters. The Morgan fingerprint density at radius 3 is 2.68 bits per heavy atom. The average molecular weight is 506 g/mol. The number of fused-ring (bicyclic) bond motifs is 2. The van der Waals surface area contributed by atoms with Crippen molar-refractivity contribution in [2.75, 3.05) is 18.5 Å². The third kappa shape index (κ3) is 4.90. The van der Waals surface area contributed by atoms with Crippen molar-refractivity contribution in [1.29, 1.82) is 0 Å². The molecule has 3 heterocycles. The number of halogens is 5. The van der Waals surface area contributed by atoms with Gasteiger partial charge in [0.15, 0.2) is 0 Å². The summed E-state index contributed by atoms with van der Waals surface area (Å²) in [7, 11) is 0. The molecule has 0 spiro atoms. The van der Waals surface area contributed by atoms with E-state index in [1.807, 2.05) is 0 Å². The van der Waals surface area contributed by atoms with Crippen LogP contribution in [0.2, 0.25) is 0 Å². The molecule has 4 rings (SSSR count). The number of esters is 1. The summed E-state index contributed by atoms with van der Waals surface area (Å²) in [5.41, 5.74) is 0.405. The molecular weight excluding hydrogens is 483 g/mol. The summed E-state index contributed by atoms with van der Waals surface area (Å²) in [4.78, 5) is 27.8. The molecule has 186 valence electrons. The zero-order valence-corrected chi connectivity index (χ0v) is 19.0. The first-order valence-corrected chi connectivity index (χ1v) is 11.6. The second-order valence-corrected chi connectivity index (χ2v) is 9.23. The van der Waals surface area contributed by atoms with Gasteiger partial charge in [0.2, 0.25) is 0 Å². The molecule has 0 aromatic carbocycles. The maximum Gasteiger partial charge on any atom is 0.431 e. The molecular formula is C21H23F5N4O3S. The summed E-state index contributed by atoms with van der Waals surface area (Å²) in [5.74, 6) is -3.66. The number of anilines is 1. The number of H-pyrrole nitrogens is 1. The van der Waals surface area contributed by atoms with E-state index in [2.05, 4.69) is 20.9 Å². The third-order valence-electron chi connectivity index (χ3n) is 5.83. The van der Waals surface area contributed by atoms with Crippen LogP contribution in [-0.2, 0) is 43.3 Å². The van der Waals surface area contributed by atoms with E-state index in [0.29, 0.717) is 29.8 Å². The number of ether oxygens (including phenoxy) is 1. The Labute approximate surface area is 195 Å². The van der Waals surface area contributed by atoms with Gasteiger partial charge in [0, 0.05) is 42.1 Å². The number of carbonyl (C=O) groups excluding carboxylic acids is 2. The number of aromatic nitrogens is 1. The van der Waals surface area contributed by atoms with Gasteiger partial charge in [-0.05, 0) is 37.4 Å². The molecule has 2 amide bonds. The number of hydrogen-bond donors (Lipinski definition) is 4. The number of carbonyl (C=O) groups is 2. The van der Waals surface area contributed by atoms with Crippen LogP contribution >= 0.6 is 11.3 Å². The first kappa shape index (κ1) is 24.5. The van der Waals surface area contributed by atoms with Crippen LogP contribution in [0.4, 0.5) is 31.7 Å². The smallest absolute Gasteiger partial charge is 0.431 e. The van der Waals surface area contributed by atoms with Crippen molar-refractivity contribution in [1.82, 2.24) is 15.6 Å². The Balaban J connectivity index is 1.55. The van der Waals surface area contributed by atoms with Crippen LogP contribution in [0, 0.1) is 0 Å². The third-order valence-corrected chi connectivity index (χ3v) is 6.97. The fraction of sp³-hybridized carbons (Fsp3) is 0.524. The first-order chi connectivity index (χ1) is 16.0. The molecule has 0 saturated carbocycles. The highest BCUT2D eigenvalue weighted by molar-refractivity contribution is 7.17. The molecule has 13 heteroatoms. The van der Waals surface area contributed by atoms with E-state index >= 15 is 0 Å². The molecule has 2 aliphatic rings. The van der Waals surface area contributed by atoms with Crippen LogP contribution in [0.25, 0.3) is 0 Å². The molecule has 0 fully saturated rings. The molecule has 1 aliphatic heterocycles. The highest BCUT2D eigenvalue weighted by atomic mass is 32.1. The minimum atomic E-state index is -4.63. The van der Waals surface area contributed by atoms with E-state index in [0.717, 1.165) is 11.3 Å². The number of hydrogen-bond acceptors (Lipinski definition) is 5. The Morgan fingerprint density at radius 1 is 1.21 bits per heavy atom. The van der Waals surface area contributed by atoms with Crippen LogP contribution in [0.3, 0.4) is 0 Å². The van der Waals surface area contributed by atoms with Crippen LogP contribution in [0.5, 0.6) is 0 Å². The summed E-state index contributed by atoms with van der Waals surface area (Å²) < 4.78 is 73.4. The van der Waals surface area contributed by atoms with E-state index in [9.17, 15) is 31.5 Å². The zero-order valence-electron chi connectivity index (χ0n) is 18.2. The lowest BCUT2D eigenvalue weighted by atomic mass is 9.93. The number of aromatic amines is 1. The summed E-state index contributed by atoms with van der Waals surface area (Å²) in [6.45, 7) is 2.02. The Kier molecular flexibility index (Phi) is 6.60. The molecule has 4 N–H and O–H groups in total. The predicted molar refractivity (Wildman–Crippen MR) is 114 cm³/mol. The van der Waals surface area contributed by atoms with E-state index in [1.54, 1.807) is 6.92 Å². The van der Waals surface area contributed by atoms with E-state index in [-0.39, 0.29) is 40.6 Å². The topological polar surface area (TPSA) is 95.2 Å². The molecule has 0 atom stereocenters. The summed E-state index contributed by atoms with van der Waals surface area (Å²) in [5, 5.41) is 7.89. The quantitative estimate of drug-likeness (QED) is 0.358. The molecule has 7 nitrogen and oxygen atoms in total. The number of urea groups is 1. The number of alkyl halides is 5. The zero-order chi connectivity index (χ0) is 24.7. The second-order valence-electron chi connectivity index (χ2n) is 8.13. The fourth-order valence-electron chi connectivity index (χ4n) is 4.33. The van der Waals surface area contributed by atoms with Crippen molar-refractivity contribution in [3.05, 3.63) is 38.5 Å². The van der Waals surface area contributed by atoms with Gasteiger partial charge in [0.25, 0.3) is 5.92 Å². The maximum absolute atomic E-state index is 13.9. The number of nitrogens with one attached hydrogen (secondary N) is 4. The number of rotatable bonds is 5. The largest absolute Gasteiger partial charge is 0.462 e. The SMILES string of the molecule is CCOC(=O)c1c(NC(=O)NCc2c(C(F)(F)F)[nH]c3c2CCNC3)sc2c1CCC(F)(F)C2. The normalized spacial score (nSPS) is 17.0. The molecule has 0 bridgehead atoms. The minimum Gasteiger partial charge on any atom is -0.462 e. The standard InChI is InChI=1S/C21H23F5N4O3S/c1-2-33-18(31)15-11-3-5-20(22,23)7-14(11)34-17(15)30-19(32)28-8-12-10-4-6-27-9-13(10)29-16(12)21(24,25)26/h27,29H,2-9H2,1H3,(H2,28,30,32). The molecule has 0 saturated heterocycles. The van der Waals surface area contributed by atoms with Gasteiger partial charge in [0.1, 0.15) is 10.7 Å². The minimum absolute atomic E-state index is 0.0218. The van der Waals surface area contributed by atoms with Crippen molar-refractivity contribution in [3.8, 4) is 0 Å². The van der Waals surface area contributed by atoms with Crippen LogP contribution < -0.4 is 16.0 Å². The van der Waals surface area contributed by atoms with E-state index < -0.39 is 49.2 Å². The van der Waals surface area contributed by atoms with Gasteiger partial charge in [-0.3, -0.25) is 5.32 Å². The Hall–Kier alpha value is -2.67. The van der Waals surface area contributed by atoms with Gasteiger partial charge < -0.3 is 20.4 Å². The number of thiophene rings is 1. The Morgan fingerprint density at radius 2 is 1.97 bits per heavy atom. The van der Waals surface area contributed by atoms with Crippen molar-refractivity contribution in [2.24, 2.45) is 0 Å². The highest BCUT2D eigenvalue weighted by Crippen LogP contribution is 2.43. The van der Waals surface area contributed by atoms with Gasteiger partial charge in [-0.15, -0.1) is 11.3 Å². The molecule has 2 aromatic rings. The van der Waals surface area contributed by atoms with Crippen LogP contribution in [-0.4, -0.2) is 36.1 Å². The van der Waals surface area contributed by atoms with Crippen molar-refractivity contribution < 1.29 is 36.3 Å². The average Bonchev–Trinajstić information content (AvgIpc) is 3.29. The lowest BCUT2D eigenvalue weighted by Gasteiger charge is -2.21. The molecule has 0 radical (unpaired) electrons. The van der Waals surface area contributed by atoms with Gasteiger partial charge in [-0.1, -0.05) is 0 Å². The van der Waals surface area contributed by atoms with Gasteiger partial charge in [-0.2, -0.15) is 13.2 Å². The van der Waals surface area contributed by atoms with Gasteiger partial charge in [-0.25, -0.2) is 18.4 Å². The van der Waals surface area contributed by atoms with Crippen LogP contribution in [0.1, 0.15) is 56.7 Å². The van der Waals surface area contributed by atoms with Gasteiger partial charge >= 0.3 is 18.2 Å². The number of amides is 2. The summed E-state index contributed by atoms with van der Waals surface area (Å²) >= 11 is 0.853. The lowest BCUT2D eigenvalue weighted by molar-refractivity contribution is -0.141. The lowest BCUT2D eigenvalue weighted by Crippen LogP contribution is -2.30. The van der Waals surface area contributed by atoms with Crippen molar-refractivity contribution >= 4 is 28.3 Å². The van der Waals surface area contributed by atoms with E-state index in [1.165, 1.54) is 0 Å². The fourth-order valence-corrected chi connectivity index (χ4v) is 5.63. The molecule has 1 aliphatic carbocycles. The van der Waals surface area contributed by atoms with Gasteiger partial charge in [0.05, 0.1) is 12.2 Å². The summed E-state index contributed by atoms with van der Waals surface area (Å²) in [6, 6.07) is -0.854. The second kappa shape index (κ2) is 9.17. The molecule has 2 aromatic heterocycles. The van der Waals surface area contributed by atoms with Crippen LogP contribution in [0.15, 0.2) is 0 Å².